The first kappa shape index (κ1) is 11.7. The Morgan fingerprint density at radius 1 is 1.31 bits per heavy atom. The van der Waals surface area contributed by atoms with Crippen molar-refractivity contribution >= 4 is 18.5 Å². The molecule has 0 saturated heterocycles. The third-order valence-corrected chi connectivity index (χ3v) is 3.21. The van der Waals surface area contributed by atoms with Crippen LogP contribution < -0.4 is 14.7 Å². The average molecular weight is 241 g/mol. The number of nitrogens with two attached hydrogens (primary N) is 1. The molecular weight excluding hydrogens is 224 g/mol. The molecule has 16 heavy (non-hydrogen) atoms. The number of rotatable bonds is 2. The number of quaternary nitrogens is 1. The zero-order valence-corrected chi connectivity index (χ0v) is 10.2. The summed E-state index contributed by atoms with van der Waals surface area (Å²) in [5.41, 5.74) is 3.00. The molecule has 3 N–H and O–H groups in total. The van der Waals surface area contributed by atoms with Crippen LogP contribution in [0.25, 0.3) is 0 Å². The van der Waals surface area contributed by atoms with Gasteiger partial charge >= 0.3 is 0 Å². The van der Waals surface area contributed by atoms with Crippen LogP contribution in [0.2, 0.25) is 0 Å². The maximum atomic E-state index is 9.70. The number of hydrogen-bond donors (Lipinski definition) is 3. The van der Waals surface area contributed by atoms with Gasteiger partial charge in [-0.1, -0.05) is 0 Å². The van der Waals surface area contributed by atoms with Crippen molar-refractivity contribution in [2.45, 2.75) is 25.7 Å². The first-order valence-corrected chi connectivity index (χ1v) is 5.76. The minimum absolute atomic E-state index is 0.478. The second kappa shape index (κ2) is 4.25. The van der Waals surface area contributed by atoms with Gasteiger partial charge in [0.05, 0.1) is 7.11 Å². The molecule has 0 amide bonds. The van der Waals surface area contributed by atoms with Crippen LogP contribution in [-0.2, 0) is 12.8 Å². The zero-order valence-electron chi connectivity index (χ0n) is 9.31. The molecular formula is C11H17N2O2S+. The Morgan fingerprint density at radius 2 is 1.88 bits per heavy atom. The van der Waals surface area contributed by atoms with E-state index in [4.69, 9.17) is 10.6 Å². The molecule has 0 radical (unpaired) electrons. The molecule has 0 aliphatic heterocycles. The highest BCUT2D eigenvalue weighted by atomic mass is 32.1. The van der Waals surface area contributed by atoms with E-state index in [1.807, 2.05) is 12.1 Å². The molecule has 1 aliphatic rings. The number of hydrogen-bond acceptors (Lipinski definition) is 4. The molecule has 4 nitrogen and oxygen atoms in total. The van der Waals surface area contributed by atoms with Gasteiger partial charge in [0.2, 0.25) is 5.69 Å². The Bertz CT molecular complexity index is 402. The van der Waals surface area contributed by atoms with Crippen LogP contribution in [0, 0.1) is 0 Å². The Balaban J connectivity index is 2.52. The minimum Gasteiger partial charge on any atom is -0.491 e. The number of ether oxygens (including phenoxy) is 1. The highest BCUT2D eigenvalue weighted by Gasteiger charge is 2.27. The topological polar surface area (TPSA) is 55.5 Å². The van der Waals surface area contributed by atoms with Gasteiger partial charge in [0.15, 0.2) is 5.75 Å². The van der Waals surface area contributed by atoms with Gasteiger partial charge in [-0.25, -0.2) is 0 Å². The monoisotopic (exact) mass is 241 g/mol. The standard InChI is InChI=1S/C11H17N2O2S/c1-15-11-7-9-5-3-2-4-8(9)6-10(11)13(12,14)16/h6-7,14,16H,2-5,12H2,1H3/q+1. The first-order valence-electron chi connectivity index (χ1n) is 5.36. The first-order chi connectivity index (χ1) is 7.52. The molecule has 5 heteroatoms. The maximum Gasteiger partial charge on any atom is 0.239 e. The highest BCUT2D eigenvalue weighted by molar-refractivity contribution is 7.79. The molecule has 0 saturated carbocycles. The van der Waals surface area contributed by atoms with Gasteiger partial charge < -0.3 is 4.74 Å². The van der Waals surface area contributed by atoms with Gasteiger partial charge in [-0.2, -0.15) is 5.21 Å². The SMILES string of the molecule is COc1cc2c(cc1[N+](N)(O)S)CCCC2. The van der Waals surface area contributed by atoms with Gasteiger partial charge in [0, 0.05) is 6.07 Å². The Labute approximate surface area is 101 Å². The second-order valence-corrected chi connectivity index (χ2v) is 4.76. The molecule has 0 bridgehead atoms. The Morgan fingerprint density at radius 3 is 2.38 bits per heavy atom. The van der Waals surface area contributed by atoms with E-state index < -0.39 is 4.16 Å². The van der Waals surface area contributed by atoms with Crippen molar-refractivity contribution in [3.05, 3.63) is 23.3 Å². The van der Waals surface area contributed by atoms with E-state index in [1.165, 1.54) is 24.0 Å². The van der Waals surface area contributed by atoms with Crippen LogP contribution >= 0.6 is 12.8 Å². The lowest BCUT2D eigenvalue weighted by Crippen LogP contribution is -2.43. The van der Waals surface area contributed by atoms with Crippen molar-refractivity contribution in [1.29, 1.82) is 0 Å². The van der Waals surface area contributed by atoms with Crippen LogP contribution in [0.1, 0.15) is 24.0 Å². The minimum atomic E-state index is -0.990. The number of thiol groups is 1. The fraction of sp³-hybridized carbons (Fsp3) is 0.455. The second-order valence-electron chi connectivity index (χ2n) is 4.15. The average Bonchev–Trinajstić information content (AvgIpc) is 2.26. The molecule has 0 heterocycles. The maximum absolute atomic E-state index is 9.70. The summed E-state index contributed by atoms with van der Waals surface area (Å²) in [6.45, 7) is 0. The lowest BCUT2D eigenvalue weighted by molar-refractivity contribution is 0.0243. The van der Waals surface area contributed by atoms with E-state index in [-0.39, 0.29) is 0 Å². The molecule has 1 aromatic rings. The van der Waals surface area contributed by atoms with Crippen molar-refractivity contribution in [3.63, 3.8) is 0 Å². The number of methoxy groups -OCH3 is 1. The van der Waals surface area contributed by atoms with Gasteiger partial charge in [-0.3, -0.25) is 0 Å². The molecule has 2 rings (SSSR count). The van der Waals surface area contributed by atoms with Crippen molar-refractivity contribution in [2.75, 3.05) is 7.11 Å². The predicted octanol–water partition coefficient (Wildman–Crippen LogP) is 1.99. The summed E-state index contributed by atoms with van der Waals surface area (Å²) >= 11 is 3.93. The molecule has 0 spiro atoms. The van der Waals surface area contributed by atoms with Crippen LogP contribution in [0.4, 0.5) is 5.69 Å². The van der Waals surface area contributed by atoms with E-state index in [1.54, 1.807) is 7.11 Å². The van der Waals surface area contributed by atoms with Crippen molar-refractivity contribution < 1.29 is 9.94 Å². The van der Waals surface area contributed by atoms with Gasteiger partial charge in [0.25, 0.3) is 0 Å². The Hall–Kier alpha value is -0.750. The van der Waals surface area contributed by atoms with Gasteiger partial charge in [0.1, 0.15) is 12.8 Å². The fourth-order valence-electron chi connectivity index (χ4n) is 2.17. The third kappa shape index (κ3) is 2.17. The van der Waals surface area contributed by atoms with Crippen molar-refractivity contribution in [1.82, 2.24) is 4.16 Å². The summed E-state index contributed by atoms with van der Waals surface area (Å²) in [6, 6.07) is 3.84. The molecule has 1 unspecified atom stereocenters. The zero-order chi connectivity index (χ0) is 11.8. The summed E-state index contributed by atoms with van der Waals surface area (Å²) in [5.74, 6) is 6.13. The molecule has 88 valence electrons. The largest absolute Gasteiger partial charge is 0.491 e. The molecule has 0 aromatic heterocycles. The molecule has 1 atom stereocenters. The van der Waals surface area contributed by atoms with E-state index in [2.05, 4.69) is 12.8 Å². The third-order valence-electron chi connectivity index (χ3n) is 3.00. The fourth-order valence-corrected chi connectivity index (χ4v) is 2.33. The normalized spacial score (nSPS) is 18.8. The van der Waals surface area contributed by atoms with E-state index in [0.717, 1.165) is 12.8 Å². The number of fused-ring (bicyclic) bond motifs is 1. The van der Waals surface area contributed by atoms with E-state index in [9.17, 15) is 5.21 Å². The Kier molecular flexibility index (Phi) is 3.12. The summed E-state index contributed by atoms with van der Waals surface area (Å²) in [5, 5.41) is 9.70. The summed E-state index contributed by atoms with van der Waals surface area (Å²) in [4.78, 5) is 0. The van der Waals surface area contributed by atoms with Crippen LogP contribution in [0.5, 0.6) is 5.75 Å². The summed E-state index contributed by atoms with van der Waals surface area (Å²) in [6.07, 6.45) is 4.48. The van der Waals surface area contributed by atoms with Crippen LogP contribution in [-0.4, -0.2) is 12.3 Å². The van der Waals surface area contributed by atoms with Gasteiger partial charge in [-0.15, -0.1) is 5.84 Å². The highest BCUT2D eigenvalue weighted by Crippen LogP contribution is 2.36. The number of nitrogens with zero attached hydrogens (tertiary/aromatic N) is 1. The van der Waals surface area contributed by atoms with E-state index in [0.29, 0.717) is 11.4 Å². The van der Waals surface area contributed by atoms with Gasteiger partial charge in [-0.05, 0) is 47.0 Å². The van der Waals surface area contributed by atoms with Crippen molar-refractivity contribution in [2.24, 2.45) is 5.84 Å². The summed E-state index contributed by atoms with van der Waals surface area (Å²) in [7, 11) is 1.57. The van der Waals surface area contributed by atoms with E-state index >= 15 is 0 Å². The molecule has 0 fully saturated rings. The van der Waals surface area contributed by atoms with Crippen molar-refractivity contribution in [3.8, 4) is 5.75 Å². The lowest BCUT2D eigenvalue weighted by Gasteiger charge is -2.22. The molecule has 1 aliphatic carbocycles. The van der Waals surface area contributed by atoms with Crippen LogP contribution in [0.15, 0.2) is 12.1 Å². The van der Waals surface area contributed by atoms with Crippen LogP contribution in [0.3, 0.4) is 0 Å². The molecule has 1 aromatic carbocycles. The number of benzene rings is 1. The quantitative estimate of drug-likeness (QED) is 0.321. The lowest BCUT2D eigenvalue weighted by atomic mass is 9.91. The summed E-state index contributed by atoms with van der Waals surface area (Å²) < 4.78 is 4.24. The smallest absolute Gasteiger partial charge is 0.239 e. The number of aryl methyl sites for hydroxylation is 2. The predicted molar refractivity (Wildman–Crippen MR) is 66.4 cm³/mol.